The first kappa shape index (κ1) is 19.1. The average molecular weight is 369 g/mol. The van der Waals surface area contributed by atoms with Crippen molar-refractivity contribution in [1.82, 2.24) is 15.5 Å². The molecule has 0 bridgehead atoms. The van der Waals surface area contributed by atoms with Gasteiger partial charge in [0, 0.05) is 5.69 Å². The highest BCUT2D eigenvalue weighted by molar-refractivity contribution is 5.89. The summed E-state index contributed by atoms with van der Waals surface area (Å²) in [6.07, 6.45) is 6.49. The third-order valence-electron chi connectivity index (χ3n) is 4.94. The molecule has 1 aromatic carbocycles. The zero-order valence-electron chi connectivity index (χ0n) is 16.0. The lowest BCUT2D eigenvalue weighted by Gasteiger charge is -2.20. The van der Waals surface area contributed by atoms with E-state index in [0.717, 1.165) is 36.9 Å². The smallest absolute Gasteiger partial charge is 0.359 e. The Kier molecular flexibility index (Phi) is 6.27. The quantitative estimate of drug-likeness (QED) is 0.734. The van der Waals surface area contributed by atoms with Crippen molar-refractivity contribution in [1.29, 1.82) is 0 Å². The fraction of sp³-hybridized carbons (Fsp3) is 0.476. The summed E-state index contributed by atoms with van der Waals surface area (Å²) < 4.78 is 5.08. The minimum absolute atomic E-state index is 0.134. The van der Waals surface area contributed by atoms with Crippen LogP contribution in [0.2, 0.25) is 0 Å². The molecule has 0 aliphatic heterocycles. The predicted octanol–water partition coefficient (Wildman–Crippen LogP) is 3.28. The number of hydrogen-bond donors (Lipinski definition) is 2. The van der Waals surface area contributed by atoms with Crippen LogP contribution in [-0.2, 0) is 28.8 Å². The van der Waals surface area contributed by atoms with Crippen molar-refractivity contribution < 1.29 is 14.3 Å². The number of nitrogens with zero attached hydrogens (tertiary/aromatic N) is 1. The highest BCUT2D eigenvalue weighted by Gasteiger charge is 2.17. The largest absolute Gasteiger partial charge is 0.451 e. The molecule has 1 unspecified atom stereocenters. The number of rotatable bonds is 7. The molecule has 0 radical (unpaired) electrons. The lowest BCUT2D eigenvalue weighted by molar-refractivity contribution is -0.124. The average Bonchev–Trinajstić information content (AvgIpc) is 3.14. The summed E-state index contributed by atoms with van der Waals surface area (Å²) in [4.78, 5) is 24.1. The van der Waals surface area contributed by atoms with Crippen molar-refractivity contribution in [3.05, 3.63) is 52.3 Å². The lowest BCUT2D eigenvalue weighted by atomic mass is 9.89. The molecule has 1 atom stereocenters. The number of hydrogen-bond acceptors (Lipinski definition) is 4. The van der Waals surface area contributed by atoms with Gasteiger partial charge < -0.3 is 10.1 Å². The molecule has 0 saturated carbocycles. The number of aromatic nitrogens is 2. The molecule has 2 N–H and O–H groups in total. The van der Waals surface area contributed by atoms with Crippen molar-refractivity contribution in [2.75, 3.05) is 6.61 Å². The number of carbonyl (C=O) groups excluding carboxylic acids is 2. The van der Waals surface area contributed by atoms with Crippen molar-refractivity contribution >= 4 is 11.9 Å². The molecule has 1 heterocycles. The highest BCUT2D eigenvalue weighted by atomic mass is 16.5. The van der Waals surface area contributed by atoms with Crippen LogP contribution in [0.5, 0.6) is 0 Å². The van der Waals surface area contributed by atoms with E-state index in [1.54, 1.807) is 6.07 Å². The number of amides is 1. The maximum Gasteiger partial charge on any atom is 0.359 e. The van der Waals surface area contributed by atoms with E-state index in [0.29, 0.717) is 0 Å². The summed E-state index contributed by atoms with van der Waals surface area (Å²) in [5.74, 6) is -0.914. The summed E-state index contributed by atoms with van der Waals surface area (Å²) in [5.41, 5.74) is 4.96. The van der Waals surface area contributed by atoms with Gasteiger partial charge in [-0.05, 0) is 61.8 Å². The van der Waals surface area contributed by atoms with Crippen LogP contribution in [0.25, 0.3) is 0 Å². The highest BCUT2D eigenvalue weighted by Crippen LogP contribution is 2.24. The van der Waals surface area contributed by atoms with E-state index >= 15 is 0 Å². The molecule has 0 saturated heterocycles. The SMILES string of the molecule is CCCc1cc(C(=O)OCC(=O)NC(C)c2ccc3c(c2)CCCC3)n[nH]1. The van der Waals surface area contributed by atoms with Crippen LogP contribution >= 0.6 is 0 Å². The Labute approximate surface area is 159 Å². The topological polar surface area (TPSA) is 84.1 Å². The number of H-pyrrole nitrogens is 1. The molecule has 3 rings (SSSR count). The second-order valence-electron chi connectivity index (χ2n) is 7.13. The number of benzene rings is 1. The Bertz CT molecular complexity index is 813. The number of carbonyl (C=O) groups is 2. The number of aromatic amines is 1. The van der Waals surface area contributed by atoms with Crippen molar-refractivity contribution in [2.24, 2.45) is 0 Å². The minimum atomic E-state index is -0.592. The van der Waals surface area contributed by atoms with Gasteiger partial charge in [0.15, 0.2) is 12.3 Å². The maximum atomic E-state index is 12.1. The minimum Gasteiger partial charge on any atom is -0.451 e. The molecule has 1 amide bonds. The molecule has 144 valence electrons. The standard InChI is InChI=1S/C21H27N3O3/c1-3-6-18-12-19(24-23-18)21(26)27-13-20(25)22-14(2)16-10-9-15-7-4-5-8-17(15)11-16/h9-12,14H,3-8,13H2,1-2H3,(H,22,25)(H,23,24). The Morgan fingerprint density at radius 3 is 2.78 bits per heavy atom. The van der Waals surface area contributed by atoms with Gasteiger partial charge in [-0.2, -0.15) is 5.10 Å². The summed E-state index contributed by atoms with van der Waals surface area (Å²) in [6, 6.07) is 7.95. The van der Waals surface area contributed by atoms with E-state index in [2.05, 4.69) is 33.7 Å². The van der Waals surface area contributed by atoms with E-state index in [1.807, 2.05) is 13.8 Å². The lowest BCUT2D eigenvalue weighted by Crippen LogP contribution is -2.31. The molecule has 0 spiro atoms. The molecule has 0 fully saturated rings. The molecule has 27 heavy (non-hydrogen) atoms. The van der Waals surface area contributed by atoms with Crippen LogP contribution in [-0.4, -0.2) is 28.7 Å². The number of esters is 1. The van der Waals surface area contributed by atoms with Crippen molar-refractivity contribution in [3.8, 4) is 0 Å². The van der Waals surface area contributed by atoms with Crippen LogP contribution < -0.4 is 5.32 Å². The maximum absolute atomic E-state index is 12.1. The Morgan fingerprint density at radius 2 is 2.00 bits per heavy atom. The van der Waals surface area contributed by atoms with Crippen LogP contribution in [0.4, 0.5) is 0 Å². The Morgan fingerprint density at radius 1 is 1.22 bits per heavy atom. The summed E-state index contributed by atoms with van der Waals surface area (Å²) in [5, 5.41) is 9.62. The van der Waals surface area contributed by atoms with Gasteiger partial charge in [-0.15, -0.1) is 0 Å². The first-order chi connectivity index (χ1) is 13.1. The van der Waals surface area contributed by atoms with Crippen molar-refractivity contribution in [3.63, 3.8) is 0 Å². The zero-order chi connectivity index (χ0) is 19.2. The molecule has 1 aliphatic rings. The predicted molar refractivity (Wildman–Crippen MR) is 103 cm³/mol. The fourth-order valence-corrected chi connectivity index (χ4v) is 3.46. The summed E-state index contributed by atoms with van der Waals surface area (Å²) >= 11 is 0. The molecule has 2 aromatic rings. The van der Waals surface area contributed by atoms with E-state index in [-0.39, 0.29) is 24.2 Å². The van der Waals surface area contributed by atoms with Crippen LogP contribution in [0, 0.1) is 0 Å². The van der Waals surface area contributed by atoms with Gasteiger partial charge in [0.05, 0.1) is 6.04 Å². The fourth-order valence-electron chi connectivity index (χ4n) is 3.46. The molecular formula is C21H27N3O3. The second kappa shape index (κ2) is 8.84. The van der Waals surface area contributed by atoms with Gasteiger partial charge in [0.1, 0.15) is 0 Å². The summed E-state index contributed by atoms with van der Waals surface area (Å²) in [7, 11) is 0. The van der Waals surface area contributed by atoms with Crippen LogP contribution in [0.15, 0.2) is 24.3 Å². The van der Waals surface area contributed by atoms with E-state index < -0.39 is 5.97 Å². The number of ether oxygens (including phenoxy) is 1. The first-order valence-corrected chi connectivity index (χ1v) is 9.69. The monoisotopic (exact) mass is 369 g/mol. The molecule has 1 aliphatic carbocycles. The first-order valence-electron chi connectivity index (χ1n) is 9.69. The number of nitrogens with one attached hydrogen (secondary N) is 2. The van der Waals surface area contributed by atoms with Crippen LogP contribution in [0.1, 0.15) is 72.0 Å². The van der Waals surface area contributed by atoms with Gasteiger partial charge in [-0.1, -0.05) is 31.5 Å². The number of fused-ring (bicyclic) bond motifs is 1. The Balaban J connectivity index is 1.50. The van der Waals surface area contributed by atoms with Crippen LogP contribution in [0.3, 0.4) is 0 Å². The van der Waals surface area contributed by atoms with E-state index in [9.17, 15) is 9.59 Å². The molecular weight excluding hydrogens is 342 g/mol. The van der Waals surface area contributed by atoms with Gasteiger partial charge in [0.25, 0.3) is 5.91 Å². The Hall–Kier alpha value is -2.63. The third-order valence-corrected chi connectivity index (χ3v) is 4.94. The van der Waals surface area contributed by atoms with Gasteiger partial charge in [-0.25, -0.2) is 4.79 Å². The second-order valence-corrected chi connectivity index (χ2v) is 7.13. The summed E-state index contributed by atoms with van der Waals surface area (Å²) in [6.45, 7) is 3.67. The molecule has 1 aromatic heterocycles. The molecule has 6 heteroatoms. The number of aryl methyl sites for hydroxylation is 3. The van der Waals surface area contributed by atoms with E-state index in [1.165, 1.54) is 24.0 Å². The zero-order valence-corrected chi connectivity index (χ0v) is 16.0. The van der Waals surface area contributed by atoms with Gasteiger partial charge in [0.2, 0.25) is 0 Å². The van der Waals surface area contributed by atoms with Gasteiger partial charge in [-0.3, -0.25) is 9.89 Å². The third kappa shape index (κ3) is 4.96. The molecule has 6 nitrogen and oxygen atoms in total. The van der Waals surface area contributed by atoms with E-state index in [4.69, 9.17) is 4.74 Å². The van der Waals surface area contributed by atoms with Crippen molar-refractivity contribution in [2.45, 2.75) is 58.4 Å². The van der Waals surface area contributed by atoms with Gasteiger partial charge >= 0.3 is 5.97 Å². The normalized spacial score (nSPS) is 14.3.